The summed E-state index contributed by atoms with van der Waals surface area (Å²) in [6.45, 7) is 2.91. The number of esters is 1. The fraction of sp³-hybridized carbons (Fsp3) is 0.300. The zero-order chi connectivity index (χ0) is 26.2. The van der Waals surface area contributed by atoms with Crippen molar-refractivity contribution >= 4 is 17.8 Å². The van der Waals surface area contributed by atoms with Gasteiger partial charge in [0, 0.05) is 24.2 Å². The highest BCUT2D eigenvalue weighted by molar-refractivity contribution is 6.01. The van der Waals surface area contributed by atoms with Crippen molar-refractivity contribution in [1.82, 2.24) is 4.90 Å². The van der Waals surface area contributed by atoms with Crippen LogP contribution in [0.25, 0.3) is 0 Å². The summed E-state index contributed by atoms with van der Waals surface area (Å²) in [4.78, 5) is 40.6. The van der Waals surface area contributed by atoms with E-state index in [4.69, 9.17) is 14.2 Å². The number of Topliss-reactive ketones (excluding diaryl/α,β-unsaturated/α-hetero) is 1. The van der Waals surface area contributed by atoms with Crippen molar-refractivity contribution in [3.8, 4) is 5.75 Å². The Morgan fingerprint density at radius 3 is 2.16 bits per heavy atom. The van der Waals surface area contributed by atoms with Crippen LogP contribution in [0.3, 0.4) is 0 Å². The minimum absolute atomic E-state index is 0.201. The maximum absolute atomic E-state index is 13.4. The molecule has 4 rings (SSSR count). The summed E-state index contributed by atoms with van der Waals surface area (Å²) in [7, 11) is 1.56. The van der Waals surface area contributed by atoms with Crippen molar-refractivity contribution in [2.24, 2.45) is 5.92 Å². The van der Waals surface area contributed by atoms with Gasteiger partial charge in [0.15, 0.2) is 6.10 Å². The van der Waals surface area contributed by atoms with Crippen molar-refractivity contribution in [1.29, 1.82) is 0 Å². The Kier molecular flexibility index (Phi) is 8.56. The van der Waals surface area contributed by atoms with Crippen LogP contribution in [0.5, 0.6) is 5.75 Å². The van der Waals surface area contributed by atoms with E-state index < -0.39 is 24.1 Å². The Morgan fingerprint density at radius 1 is 0.892 bits per heavy atom. The van der Waals surface area contributed by atoms with E-state index in [9.17, 15) is 14.4 Å². The van der Waals surface area contributed by atoms with E-state index in [1.165, 1.54) is 0 Å². The van der Waals surface area contributed by atoms with E-state index in [0.717, 1.165) is 11.1 Å². The summed E-state index contributed by atoms with van der Waals surface area (Å²) in [5, 5.41) is 0. The zero-order valence-corrected chi connectivity index (χ0v) is 21.1. The van der Waals surface area contributed by atoms with Crippen LogP contribution in [0.4, 0.5) is 4.79 Å². The van der Waals surface area contributed by atoms with Crippen LogP contribution in [-0.2, 0) is 20.9 Å². The first-order valence-corrected chi connectivity index (χ1v) is 12.4. The molecule has 0 spiro atoms. The third-order valence-corrected chi connectivity index (χ3v) is 6.52. The average molecular weight is 502 g/mol. The molecule has 0 aliphatic carbocycles. The number of rotatable bonds is 8. The molecule has 1 atom stereocenters. The van der Waals surface area contributed by atoms with Gasteiger partial charge in [0.2, 0.25) is 5.78 Å². The SMILES string of the molecule is COc1ccc(C(OC(=O)C2CCN(C(=O)OCc3ccccc3)CC2)C(=O)c2ccc(C)cc2)cc1. The average Bonchev–Trinajstić information content (AvgIpc) is 2.95. The second kappa shape index (κ2) is 12.2. The third kappa shape index (κ3) is 6.76. The van der Waals surface area contributed by atoms with Crippen LogP contribution in [0.15, 0.2) is 78.9 Å². The van der Waals surface area contributed by atoms with Gasteiger partial charge in [-0.15, -0.1) is 0 Å². The Morgan fingerprint density at radius 2 is 1.54 bits per heavy atom. The quantitative estimate of drug-likeness (QED) is 0.299. The molecule has 37 heavy (non-hydrogen) atoms. The number of hydrogen-bond acceptors (Lipinski definition) is 6. The maximum atomic E-state index is 13.4. The number of ether oxygens (including phenoxy) is 3. The number of amides is 1. The predicted octanol–water partition coefficient (Wildman–Crippen LogP) is 5.52. The summed E-state index contributed by atoms with van der Waals surface area (Å²) in [5.74, 6) is -0.508. The van der Waals surface area contributed by atoms with Gasteiger partial charge in [0.25, 0.3) is 0 Å². The molecule has 3 aromatic carbocycles. The lowest BCUT2D eigenvalue weighted by atomic mass is 9.96. The lowest BCUT2D eigenvalue weighted by Gasteiger charge is -2.31. The topological polar surface area (TPSA) is 82.1 Å². The summed E-state index contributed by atoms with van der Waals surface area (Å²) >= 11 is 0. The minimum atomic E-state index is -1.07. The van der Waals surface area contributed by atoms with Crippen LogP contribution in [-0.4, -0.2) is 42.9 Å². The number of carbonyl (C=O) groups excluding carboxylic acids is 3. The highest BCUT2D eigenvalue weighted by atomic mass is 16.6. The first-order chi connectivity index (χ1) is 17.9. The number of aryl methyl sites for hydroxylation is 1. The summed E-state index contributed by atoms with van der Waals surface area (Å²) in [5.41, 5.74) is 2.98. The molecule has 3 aromatic rings. The highest BCUT2D eigenvalue weighted by Gasteiger charge is 2.33. The van der Waals surface area contributed by atoms with E-state index in [-0.39, 0.29) is 12.4 Å². The van der Waals surface area contributed by atoms with Gasteiger partial charge in [-0.25, -0.2) is 4.79 Å². The fourth-order valence-electron chi connectivity index (χ4n) is 4.24. The molecule has 1 aliphatic heterocycles. The second-order valence-electron chi connectivity index (χ2n) is 9.12. The normalized spacial score (nSPS) is 14.5. The van der Waals surface area contributed by atoms with E-state index in [2.05, 4.69) is 0 Å². The number of benzene rings is 3. The van der Waals surface area contributed by atoms with E-state index in [1.807, 2.05) is 49.4 Å². The molecule has 1 amide bonds. The number of hydrogen-bond donors (Lipinski definition) is 0. The smallest absolute Gasteiger partial charge is 0.410 e. The van der Waals surface area contributed by atoms with Crippen molar-refractivity contribution in [3.63, 3.8) is 0 Å². The molecule has 0 aromatic heterocycles. The molecule has 1 fully saturated rings. The van der Waals surface area contributed by atoms with Crippen LogP contribution < -0.4 is 4.74 Å². The lowest BCUT2D eigenvalue weighted by Crippen LogP contribution is -2.41. The second-order valence-corrected chi connectivity index (χ2v) is 9.12. The summed E-state index contributed by atoms with van der Waals surface area (Å²) < 4.78 is 16.5. The number of nitrogens with zero attached hydrogens (tertiary/aromatic N) is 1. The Hall–Kier alpha value is -4.13. The van der Waals surface area contributed by atoms with Crippen molar-refractivity contribution in [2.75, 3.05) is 20.2 Å². The van der Waals surface area contributed by atoms with Gasteiger partial charge in [0.05, 0.1) is 13.0 Å². The number of carbonyl (C=O) groups is 3. The fourth-order valence-corrected chi connectivity index (χ4v) is 4.24. The van der Waals surface area contributed by atoms with Crippen LogP contribution in [0.1, 0.15) is 46.0 Å². The molecule has 7 nitrogen and oxygen atoms in total. The molecule has 1 heterocycles. The standard InChI is InChI=1S/C30H31NO6/c1-21-8-10-23(11-9-21)27(32)28(24-12-14-26(35-2)15-13-24)37-29(33)25-16-18-31(19-17-25)30(34)36-20-22-6-4-3-5-7-22/h3-15,25,28H,16-20H2,1-2H3. The van der Waals surface area contributed by atoms with Gasteiger partial charge in [-0.2, -0.15) is 0 Å². The first kappa shape index (κ1) is 25.9. The molecule has 1 saturated heterocycles. The molecular weight excluding hydrogens is 470 g/mol. The number of likely N-dealkylation sites (tertiary alicyclic amines) is 1. The van der Waals surface area contributed by atoms with E-state index in [1.54, 1.807) is 48.4 Å². The lowest BCUT2D eigenvalue weighted by molar-refractivity contribution is -0.153. The summed E-state index contributed by atoms with van der Waals surface area (Å²) in [6, 6.07) is 23.6. The highest BCUT2D eigenvalue weighted by Crippen LogP contribution is 2.28. The predicted molar refractivity (Wildman–Crippen MR) is 138 cm³/mol. The molecule has 0 bridgehead atoms. The number of methoxy groups -OCH3 is 1. The van der Waals surface area contributed by atoms with Gasteiger partial charge in [-0.3, -0.25) is 9.59 Å². The van der Waals surface area contributed by atoms with Crippen LogP contribution >= 0.6 is 0 Å². The van der Waals surface area contributed by atoms with E-state index >= 15 is 0 Å². The van der Waals surface area contributed by atoms with Crippen LogP contribution in [0.2, 0.25) is 0 Å². The van der Waals surface area contributed by atoms with Gasteiger partial charge < -0.3 is 19.1 Å². The maximum Gasteiger partial charge on any atom is 0.410 e. The minimum Gasteiger partial charge on any atom is -0.497 e. The molecule has 0 N–H and O–H groups in total. The molecule has 0 saturated carbocycles. The molecule has 1 unspecified atom stereocenters. The Balaban J connectivity index is 1.38. The van der Waals surface area contributed by atoms with Crippen molar-refractivity contribution in [2.45, 2.75) is 32.5 Å². The first-order valence-electron chi connectivity index (χ1n) is 12.4. The van der Waals surface area contributed by atoms with Crippen molar-refractivity contribution < 1.29 is 28.6 Å². The monoisotopic (exact) mass is 501 g/mol. The Bertz CT molecular complexity index is 1200. The summed E-state index contributed by atoms with van der Waals surface area (Å²) in [6.07, 6.45) is -0.600. The van der Waals surface area contributed by atoms with Gasteiger partial charge in [0.1, 0.15) is 12.4 Å². The largest absolute Gasteiger partial charge is 0.497 e. The molecule has 1 aliphatic rings. The number of ketones is 1. The zero-order valence-electron chi connectivity index (χ0n) is 21.1. The van der Waals surface area contributed by atoms with Crippen LogP contribution in [0, 0.1) is 12.8 Å². The van der Waals surface area contributed by atoms with Gasteiger partial charge in [-0.05, 0) is 37.5 Å². The van der Waals surface area contributed by atoms with Gasteiger partial charge >= 0.3 is 12.1 Å². The Labute approximate surface area is 217 Å². The van der Waals surface area contributed by atoms with Gasteiger partial charge in [-0.1, -0.05) is 72.3 Å². The number of piperidine rings is 1. The molecule has 7 heteroatoms. The molecule has 0 radical (unpaired) electrons. The molecule has 192 valence electrons. The van der Waals surface area contributed by atoms with E-state index in [0.29, 0.717) is 42.8 Å². The molecular formula is C30H31NO6. The van der Waals surface area contributed by atoms with Crippen molar-refractivity contribution in [3.05, 3.63) is 101 Å². The third-order valence-electron chi connectivity index (χ3n) is 6.52.